The van der Waals surface area contributed by atoms with E-state index in [0.29, 0.717) is 30.3 Å². The van der Waals surface area contributed by atoms with E-state index in [0.717, 1.165) is 11.1 Å². The first-order valence-corrected chi connectivity index (χ1v) is 9.60. The van der Waals surface area contributed by atoms with Crippen LogP contribution in [0.3, 0.4) is 0 Å². The number of nitrogens with zero attached hydrogens (tertiary/aromatic N) is 1. The van der Waals surface area contributed by atoms with Crippen molar-refractivity contribution in [1.29, 1.82) is 0 Å². The molecule has 1 aliphatic carbocycles. The maximum Gasteiger partial charge on any atom is 0.245 e. The van der Waals surface area contributed by atoms with Crippen LogP contribution in [-0.2, 0) is 9.53 Å². The van der Waals surface area contributed by atoms with Gasteiger partial charge in [-0.15, -0.1) is 24.8 Å². The Labute approximate surface area is 190 Å². The highest BCUT2D eigenvalue weighted by molar-refractivity contribution is 6.00. The lowest BCUT2D eigenvalue weighted by Crippen LogP contribution is -2.74. The number of hydrogen-bond acceptors (Lipinski definition) is 5. The predicted molar refractivity (Wildman–Crippen MR) is 124 cm³/mol. The van der Waals surface area contributed by atoms with Gasteiger partial charge in [-0.25, -0.2) is 4.98 Å². The molecule has 0 spiro atoms. The first-order chi connectivity index (χ1) is 13.2. The summed E-state index contributed by atoms with van der Waals surface area (Å²) in [6, 6.07) is 9.32. The van der Waals surface area contributed by atoms with E-state index in [2.05, 4.69) is 10.3 Å². The van der Waals surface area contributed by atoms with Crippen LogP contribution in [0.2, 0.25) is 0 Å². The van der Waals surface area contributed by atoms with E-state index in [4.69, 9.17) is 15.2 Å². The number of anilines is 1. The average Bonchev–Trinajstić information content (AvgIpc) is 2.64. The van der Waals surface area contributed by atoms with E-state index >= 15 is 0 Å². The summed E-state index contributed by atoms with van der Waals surface area (Å²) in [6.45, 7) is 10.4. The van der Waals surface area contributed by atoms with E-state index in [1.165, 1.54) is 0 Å². The summed E-state index contributed by atoms with van der Waals surface area (Å²) in [5.74, 6) is 0.945. The van der Waals surface area contributed by atoms with Crippen LogP contribution >= 0.6 is 24.8 Å². The Morgan fingerprint density at radius 2 is 1.93 bits per heavy atom. The normalized spacial score (nSPS) is 21.5. The molecule has 1 aromatic carbocycles. The fourth-order valence-corrected chi connectivity index (χ4v) is 3.53. The lowest BCUT2D eigenvalue weighted by Gasteiger charge is -2.57. The van der Waals surface area contributed by atoms with Gasteiger partial charge in [0, 0.05) is 42.5 Å². The second-order valence-corrected chi connectivity index (χ2v) is 8.05. The molecule has 1 aromatic heterocycles. The van der Waals surface area contributed by atoms with Crippen LogP contribution in [0.4, 0.5) is 5.69 Å². The first-order valence-electron chi connectivity index (χ1n) is 9.60. The van der Waals surface area contributed by atoms with Gasteiger partial charge in [-0.05, 0) is 44.0 Å². The molecule has 2 unspecified atom stereocenters. The minimum atomic E-state index is -0.975. The third-order valence-electron chi connectivity index (χ3n) is 5.79. The fraction of sp³-hybridized carbons (Fsp3) is 0.455. The van der Waals surface area contributed by atoms with Gasteiger partial charge in [0.2, 0.25) is 11.8 Å². The zero-order valence-corrected chi connectivity index (χ0v) is 19.7. The number of carbonyl (C=O) groups is 1. The lowest BCUT2D eigenvalue weighted by molar-refractivity contribution is -0.166. The van der Waals surface area contributed by atoms with Gasteiger partial charge in [-0.2, -0.15) is 0 Å². The summed E-state index contributed by atoms with van der Waals surface area (Å²) in [7, 11) is 0. The molecule has 1 aliphatic rings. The van der Waals surface area contributed by atoms with E-state index in [1.807, 2.05) is 58.9 Å². The van der Waals surface area contributed by atoms with Crippen molar-refractivity contribution in [2.24, 2.45) is 11.1 Å². The van der Waals surface area contributed by atoms with Gasteiger partial charge < -0.3 is 20.5 Å². The number of benzene rings is 1. The predicted octanol–water partition coefficient (Wildman–Crippen LogP) is 4.81. The first kappa shape index (κ1) is 26.2. The molecule has 30 heavy (non-hydrogen) atoms. The molecule has 1 amide bonds. The highest BCUT2D eigenvalue weighted by Crippen LogP contribution is 2.50. The number of amides is 1. The zero-order valence-electron chi connectivity index (χ0n) is 18.0. The van der Waals surface area contributed by atoms with Gasteiger partial charge in [0.25, 0.3) is 0 Å². The third-order valence-corrected chi connectivity index (χ3v) is 5.79. The summed E-state index contributed by atoms with van der Waals surface area (Å²) >= 11 is 0. The minimum absolute atomic E-state index is 0. The molecule has 1 heterocycles. The van der Waals surface area contributed by atoms with Crippen LogP contribution in [0.5, 0.6) is 11.6 Å². The number of rotatable bonds is 6. The number of aryl methyl sites for hydroxylation is 2. The van der Waals surface area contributed by atoms with Gasteiger partial charge in [0.05, 0.1) is 6.10 Å². The van der Waals surface area contributed by atoms with Gasteiger partial charge in [0.1, 0.15) is 11.3 Å². The molecule has 0 bridgehead atoms. The van der Waals surface area contributed by atoms with Crippen molar-refractivity contribution in [3.8, 4) is 11.6 Å². The number of nitrogens with one attached hydrogen (secondary N) is 1. The molecule has 3 N–H and O–H groups in total. The molecule has 3 rings (SSSR count). The smallest absolute Gasteiger partial charge is 0.245 e. The van der Waals surface area contributed by atoms with Crippen molar-refractivity contribution < 1.29 is 14.3 Å². The molecule has 6 nitrogen and oxygen atoms in total. The summed E-state index contributed by atoms with van der Waals surface area (Å²) in [6.07, 6.45) is 2.19. The topological polar surface area (TPSA) is 86.5 Å². The maximum absolute atomic E-state index is 12.9. The Balaban J connectivity index is 0.00000225. The standard InChI is InChI=1S/C22H29N3O3.2ClH/c1-6-27-18-13-22(23,21(18,4)5)20(26)25-16-8-7-15(3)17(12-16)28-19-11-14(2)9-10-24-19;;/h7-12,18H,6,13,23H2,1-5H3,(H,25,26);2*1H. The molecule has 0 saturated heterocycles. The van der Waals surface area contributed by atoms with E-state index in [9.17, 15) is 4.79 Å². The Hall–Kier alpha value is -1.86. The number of aromatic nitrogens is 1. The quantitative estimate of drug-likeness (QED) is 0.652. The molecule has 2 aromatic rings. The summed E-state index contributed by atoms with van der Waals surface area (Å²) < 4.78 is 11.6. The van der Waals surface area contributed by atoms with Gasteiger partial charge in [-0.1, -0.05) is 19.9 Å². The van der Waals surface area contributed by atoms with Crippen LogP contribution < -0.4 is 15.8 Å². The molecule has 8 heteroatoms. The lowest BCUT2D eigenvalue weighted by atomic mass is 9.54. The van der Waals surface area contributed by atoms with Crippen LogP contribution in [0.25, 0.3) is 0 Å². The number of pyridine rings is 1. The van der Waals surface area contributed by atoms with Gasteiger partial charge in [0.15, 0.2) is 0 Å². The molecule has 0 radical (unpaired) electrons. The van der Waals surface area contributed by atoms with Crippen molar-refractivity contribution >= 4 is 36.4 Å². The van der Waals surface area contributed by atoms with E-state index in [1.54, 1.807) is 12.3 Å². The van der Waals surface area contributed by atoms with Crippen LogP contribution in [0, 0.1) is 19.3 Å². The molecule has 1 fully saturated rings. The molecular formula is C22H31Cl2N3O3. The Kier molecular flexibility index (Phi) is 8.69. The molecule has 1 saturated carbocycles. The van der Waals surface area contributed by atoms with Gasteiger partial charge in [-0.3, -0.25) is 4.79 Å². The Bertz CT molecular complexity index is 892. The molecule has 0 aliphatic heterocycles. The van der Waals surface area contributed by atoms with E-state index in [-0.39, 0.29) is 36.8 Å². The third kappa shape index (κ3) is 4.89. The number of nitrogens with two attached hydrogens (primary N) is 1. The second kappa shape index (κ2) is 9.96. The fourth-order valence-electron chi connectivity index (χ4n) is 3.53. The monoisotopic (exact) mass is 455 g/mol. The number of halogens is 2. The SMILES string of the molecule is CCOC1CC(N)(C(=O)Nc2ccc(C)c(Oc3cc(C)ccn3)c2)C1(C)C.Cl.Cl. The highest BCUT2D eigenvalue weighted by Gasteiger charge is 2.62. The highest BCUT2D eigenvalue weighted by atomic mass is 35.5. The summed E-state index contributed by atoms with van der Waals surface area (Å²) in [5, 5.41) is 2.95. The summed E-state index contributed by atoms with van der Waals surface area (Å²) in [4.78, 5) is 17.2. The Morgan fingerprint density at radius 3 is 2.53 bits per heavy atom. The maximum atomic E-state index is 12.9. The number of hydrogen-bond donors (Lipinski definition) is 2. The molecular weight excluding hydrogens is 425 g/mol. The van der Waals surface area contributed by atoms with E-state index < -0.39 is 11.0 Å². The van der Waals surface area contributed by atoms with Crippen LogP contribution in [0.15, 0.2) is 36.5 Å². The average molecular weight is 456 g/mol. The van der Waals surface area contributed by atoms with Crippen molar-refractivity contribution in [2.45, 2.75) is 52.7 Å². The largest absolute Gasteiger partial charge is 0.439 e. The number of carbonyl (C=O) groups excluding carboxylic acids is 1. The number of ether oxygens (including phenoxy) is 2. The Morgan fingerprint density at radius 1 is 1.23 bits per heavy atom. The zero-order chi connectivity index (χ0) is 20.5. The molecule has 166 valence electrons. The van der Waals surface area contributed by atoms with Crippen LogP contribution in [-0.4, -0.2) is 29.1 Å². The summed E-state index contributed by atoms with van der Waals surface area (Å²) in [5.41, 5.74) is 7.70. The van der Waals surface area contributed by atoms with Crippen molar-refractivity contribution in [1.82, 2.24) is 4.98 Å². The van der Waals surface area contributed by atoms with Crippen molar-refractivity contribution in [2.75, 3.05) is 11.9 Å². The molecule has 2 atom stereocenters. The van der Waals surface area contributed by atoms with Crippen molar-refractivity contribution in [3.63, 3.8) is 0 Å². The minimum Gasteiger partial charge on any atom is -0.439 e. The van der Waals surface area contributed by atoms with Crippen LogP contribution in [0.1, 0.15) is 38.3 Å². The van der Waals surface area contributed by atoms with Crippen molar-refractivity contribution in [3.05, 3.63) is 47.7 Å². The second-order valence-electron chi connectivity index (χ2n) is 8.05. The van der Waals surface area contributed by atoms with Gasteiger partial charge >= 0.3 is 0 Å².